The van der Waals surface area contributed by atoms with Crippen molar-refractivity contribution in [2.75, 3.05) is 6.54 Å². The van der Waals surface area contributed by atoms with Gasteiger partial charge < -0.3 is 9.47 Å². The lowest BCUT2D eigenvalue weighted by Crippen LogP contribution is -2.35. The first kappa shape index (κ1) is 18.9. The van der Waals surface area contributed by atoms with E-state index in [0.717, 1.165) is 28.8 Å². The number of aromatic nitrogens is 2. The van der Waals surface area contributed by atoms with Crippen molar-refractivity contribution in [1.82, 2.24) is 14.5 Å². The molecule has 0 radical (unpaired) electrons. The Kier molecular flexibility index (Phi) is 5.71. The topological polar surface area (TPSA) is 38.1 Å². The largest absolute Gasteiger partial charge is 0.336 e. The van der Waals surface area contributed by atoms with E-state index in [1.807, 2.05) is 77.1 Å². The van der Waals surface area contributed by atoms with E-state index in [4.69, 9.17) is 0 Å². The zero-order valence-electron chi connectivity index (χ0n) is 16.7. The second-order valence-corrected chi connectivity index (χ2v) is 7.27. The van der Waals surface area contributed by atoms with Gasteiger partial charge in [0.1, 0.15) is 12.4 Å². The van der Waals surface area contributed by atoms with Gasteiger partial charge in [0.05, 0.1) is 11.0 Å². The Morgan fingerprint density at radius 2 is 1.48 bits per heavy atom. The smallest absolute Gasteiger partial charge is 0.242 e. The van der Waals surface area contributed by atoms with E-state index < -0.39 is 0 Å². The van der Waals surface area contributed by atoms with Crippen LogP contribution in [0.1, 0.15) is 17.0 Å². The molecular weight excluding hydrogens is 358 g/mol. The third-order valence-electron chi connectivity index (χ3n) is 5.22. The molecule has 4 aromatic rings. The summed E-state index contributed by atoms with van der Waals surface area (Å²) in [5.74, 6) is 0.971. The first-order valence-electron chi connectivity index (χ1n) is 9.98. The minimum Gasteiger partial charge on any atom is -0.336 e. The van der Waals surface area contributed by atoms with Crippen molar-refractivity contribution in [2.45, 2.75) is 26.4 Å². The van der Waals surface area contributed by atoms with E-state index in [1.165, 1.54) is 5.56 Å². The molecule has 4 heteroatoms. The van der Waals surface area contributed by atoms with E-state index in [1.54, 1.807) is 0 Å². The molecule has 4 rings (SSSR count). The van der Waals surface area contributed by atoms with Crippen LogP contribution in [0.5, 0.6) is 0 Å². The predicted molar refractivity (Wildman–Crippen MR) is 116 cm³/mol. The minimum atomic E-state index is 0.107. The highest BCUT2D eigenvalue weighted by molar-refractivity contribution is 5.81. The molecule has 0 aliphatic carbocycles. The predicted octanol–water partition coefficient (Wildman–Crippen LogP) is 4.62. The van der Waals surface area contributed by atoms with Gasteiger partial charge >= 0.3 is 0 Å². The third kappa shape index (κ3) is 4.54. The number of fused-ring (bicyclic) bond motifs is 1. The first-order chi connectivity index (χ1) is 14.2. The number of para-hydroxylation sites is 2. The zero-order chi connectivity index (χ0) is 20.1. The van der Waals surface area contributed by atoms with Crippen LogP contribution in [0.4, 0.5) is 0 Å². The summed E-state index contributed by atoms with van der Waals surface area (Å²) in [6, 6.07) is 28.5. The van der Waals surface area contributed by atoms with E-state index in [-0.39, 0.29) is 5.91 Å². The van der Waals surface area contributed by atoms with E-state index in [0.29, 0.717) is 19.6 Å². The number of carbonyl (C=O) groups is 1. The molecular formula is C25H25N3O. The fourth-order valence-corrected chi connectivity index (χ4v) is 3.64. The standard InChI is InChI=1S/C25H25N3O/c1-20-26-23-14-8-9-15-24(23)28(20)19-25(29)27(18-22-12-6-3-7-13-22)17-16-21-10-4-2-5-11-21/h2-15H,16-19H2,1H3. The maximum absolute atomic E-state index is 13.3. The van der Waals surface area contributed by atoms with E-state index in [2.05, 4.69) is 29.2 Å². The van der Waals surface area contributed by atoms with Crippen molar-refractivity contribution in [3.8, 4) is 0 Å². The number of nitrogens with zero attached hydrogens (tertiary/aromatic N) is 3. The van der Waals surface area contributed by atoms with Crippen LogP contribution in [-0.4, -0.2) is 26.9 Å². The highest BCUT2D eigenvalue weighted by Gasteiger charge is 2.17. The average Bonchev–Trinajstić information content (AvgIpc) is 3.07. The van der Waals surface area contributed by atoms with Crippen LogP contribution in [0.2, 0.25) is 0 Å². The lowest BCUT2D eigenvalue weighted by atomic mass is 10.1. The summed E-state index contributed by atoms with van der Waals surface area (Å²) in [7, 11) is 0. The molecule has 0 aliphatic heterocycles. The van der Waals surface area contributed by atoms with Crippen LogP contribution in [0.15, 0.2) is 84.9 Å². The van der Waals surface area contributed by atoms with Gasteiger partial charge in [-0.25, -0.2) is 4.98 Å². The molecule has 0 saturated carbocycles. The summed E-state index contributed by atoms with van der Waals surface area (Å²) in [5.41, 5.74) is 4.31. The summed E-state index contributed by atoms with van der Waals surface area (Å²) in [6.45, 7) is 3.55. The molecule has 0 unspecified atom stereocenters. The number of hydrogen-bond acceptors (Lipinski definition) is 2. The van der Waals surface area contributed by atoms with E-state index >= 15 is 0 Å². The van der Waals surface area contributed by atoms with Crippen LogP contribution < -0.4 is 0 Å². The number of hydrogen-bond donors (Lipinski definition) is 0. The summed E-state index contributed by atoms with van der Waals surface area (Å²) in [4.78, 5) is 19.9. The third-order valence-corrected chi connectivity index (χ3v) is 5.22. The molecule has 0 N–H and O–H groups in total. The van der Waals surface area contributed by atoms with Crippen molar-refractivity contribution in [3.05, 3.63) is 102 Å². The summed E-state index contributed by atoms with van der Waals surface area (Å²) >= 11 is 0. The number of imidazole rings is 1. The van der Waals surface area contributed by atoms with Crippen molar-refractivity contribution >= 4 is 16.9 Å². The highest BCUT2D eigenvalue weighted by atomic mass is 16.2. The number of benzene rings is 3. The van der Waals surface area contributed by atoms with Gasteiger partial charge in [0.15, 0.2) is 0 Å². The second kappa shape index (κ2) is 8.74. The summed E-state index contributed by atoms with van der Waals surface area (Å²) < 4.78 is 2.01. The van der Waals surface area contributed by atoms with Crippen molar-refractivity contribution in [2.24, 2.45) is 0 Å². The molecule has 1 amide bonds. The Hall–Kier alpha value is -3.40. The van der Waals surface area contributed by atoms with Gasteiger partial charge in [0.2, 0.25) is 5.91 Å². The molecule has 1 aromatic heterocycles. The molecule has 0 spiro atoms. The normalized spacial score (nSPS) is 10.9. The quantitative estimate of drug-likeness (QED) is 0.467. The Balaban J connectivity index is 1.55. The molecule has 29 heavy (non-hydrogen) atoms. The maximum Gasteiger partial charge on any atom is 0.242 e. The summed E-state index contributed by atoms with van der Waals surface area (Å²) in [5, 5.41) is 0. The lowest BCUT2D eigenvalue weighted by molar-refractivity contribution is -0.132. The van der Waals surface area contributed by atoms with Crippen LogP contribution >= 0.6 is 0 Å². The number of aryl methyl sites for hydroxylation is 1. The zero-order valence-corrected chi connectivity index (χ0v) is 16.7. The molecule has 0 atom stereocenters. The first-order valence-corrected chi connectivity index (χ1v) is 9.98. The summed E-state index contributed by atoms with van der Waals surface area (Å²) in [6.07, 6.45) is 0.836. The molecule has 0 fully saturated rings. The molecule has 0 bridgehead atoms. The van der Waals surface area contributed by atoms with Gasteiger partial charge in [-0.15, -0.1) is 0 Å². The Labute approximate surface area is 171 Å². The molecule has 146 valence electrons. The van der Waals surface area contributed by atoms with Gasteiger partial charge in [0.25, 0.3) is 0 Å². The fraction of sp³-hybridized carbons (Fsp3) is 0.200. The molecule has 3 aromatic carbocycles. The van der Waals surface area contributed by atoms with Gasteiger partial charge in [0, 0.05) is 13.1 Å². The number of amides is 1. The number of rotatable bonds is 7. The van der Waals surface area contributed by atoms with E-state index in [9.17, 15) is 4.79 Å². The van der Waals surface area contributed by atoms with Crippen LogP contribution in [-0.2, 0) is 24.3 Å². The lowest BCUT2D eigenvalue weighted by Gasteiger charge is -2.24. The van der Waals surface area contributed by atoms with Gasteiger partial charge in [-0.3, -0.25) is 4.79 Å². The minimum absolute atomic E-state index is 0.107. The number of carbonyl (C=O) groups excluding carboxylic acids is 1. The fourth-order valence-electron chi connectivity index (χ4n) is 3.64. The van der Waals surface area contributed by atoms with Crippen LogP contribution in [0.25, 0.3) is 11.0 Å². The molecule has 0 aliphatic rings. The van der Waals surface area contributed by atoms with Crippen LogP contribution in [0.3, 0.4) is 0 Å². The highest BCUT2D eigenvalue weighted by Crippen LogP contribution is 2.16. The average molecular weight is 383 g/mol. The van der Waals surface area contributed by atoms with Crippen molar-refractivity contribution in [1.29, 1.82) is 0 Å². The van der Waals surface area contributed by atoms with Gasteiger partial charge in [-0.1, -0.05) is 72.8 Å². The van der Waals surface area contributed by atoms with Crippen LogP contribution in [0, 0.1) is 6.92 Å². The Morgan fingerprint density at radius 1 is 0.862 bits per heavy atom. The monoisotopic (exact) mass is 383 g/mol. The molecule has 4 nitrogen and oxygen atoms in total. The molecule has 0 saturated heterocycles. The Morgan fingerprint density at radius 3 is 2.21 bits per heavy atom. The SMILES string of the molecule is Cc1nc2ccccc2n1CC(=O)N(CCc1ccccc1)Cc1ccccc1. The van der Waals surface area contributed by atoms with Gasteiger partial charge in [-0.05, 0) is 36.6 Å². The maximum atomic E-state index is 13.3. The van der Waals surface area contributed by atoms with Crippen molar-refractivity contribution < 1.29 is 4.79 Å². The second-order valence-electron chi connectivity index (χ2n) is 7.27. The Bertz CT molecular complexity index is 1090. The molecule has 1 heterocycles. The van der Waals surface area contributed by atoms with Gasteiger partial charge in [-0.2, -0.15) is 0 Å². The van der Waals surface area contributed by atoms with Crippen molar-refractivity contribution in [3.63, 3.8) is 0 Å².